The first-order chi connectivity index (χ1) is 12.4. The van der Waals surface area contributed by atoms with Gasteiger partial charge in [0.25, 0.3) is 5.56 Å². The first-order valence-corrected chi connectivity index (χ1v) is 10.2. The largest absolute Gasteiger partial charge is 0.467 e. The van der Waals surface area contributed by atoms with E-state index in [9.17, 15) is 9.59 Å². The molecule has 26 heavy (non-hydrogen) atoms. The quantitative estimate of drug-likeness (QED) is 0.513. The van der Waals surface area contributed by atoms with E-state index < -0.39 is 0 Å². The van der Waals surface area contributed by atoms with Gasteiger partial charge in [-0.05, 0) is 45.4 Å². The molecule has 0 aliphatic heterocycles. The fourth-order valence-electron chi connectivity index (χ4n) is 2.72. The standard InChI is InChI=1S/C18H21N3O3S2/c1-5-21-17(23)15-10(2)12(4)26-16(15)20-18(21)25-9-14(22)19-11(3)13-7-6-8-24-13/h6-8,11H,5,9H2,1-4H3,(H,19,22)/t11-/m0/s1. The van der Waals surface area contributed by atoms with Gasteiger partial charge in [-0.3, -0.25) is 14.2 Å². The normalized spacial score (nSPS) is 12.5. The molecule has 3 aromatic heterocycles. The number of hydrogen-bond acceptors (Lipinski definition) is 6. The van der Waals surface area contributed by atoms with Gasteiger partial charge in [-0.25, -0.2) is 4.98 Å². The number of hydrogen-bond donors (Lipinski definition) is 1. The van der Waals surface area contributed by atoms with E-state index in [1.165, 1.54) is 23.1 Å². The smallest absolute Gasteiger partial charge is 0.263 e. The van der Waals surface area contributed by atoms with E-state index in [0.717, 1.165) is 15.3 Å². The summed E-state index contributed by atoms with van der Waals surface area (Å²) in [7, 11) is 0. The summed E-state index contributed by atoms with van der Waals surface area (Å²) in [6.45, 7) is 8.24. The van der Waals surface area contributed by atoms with E-state index >= 15 is 0 Å². The molecule has 1 N–H and O–H groups in total. The third-order valence-electron chi connectivity index (χ3n) is 4.25. The van der Waals surface area contributed by atoms with Crippen LogP contribution in [0.3, 0.4) is 0 Å². The van der Waals surface area contributed by atoms with Gasteiger partial charge >= 0.3 is 0 Å². The van der Waals surface area contributed by atoms with Crippen molar-refractivity contribution in [2.45, 2.75) is 45.4 Å². The fourth-order valence-corrected chi connectivity index (χ4v) is 4.66. The van der Waals surface area contributed by atoms with Crippen LogP contribution in [0, 0.1) is 13.8 Å². The summed E-state index contributed by atoms with van der Waals surface area (Å²) in [5, 5.41) is 4.15. The fraction of sp³-hybridized carbons (Fsp3) is 0.389. The molecule has 1 amide bonds. The van der Waals surface area contributed by atoms with Gasteiger partial charge in [-0.2, -0.15) is 0 Å². The van der Waals surface area contributed by atoms with Crippen molar-refractivity contribution in [3.8, 4) is 0 Å². The Labute approximate surface area is 159 Å². The average molecular weight is 392 g/mol. The third kappa shape index (κ3) is 3.57. The highest BCUT2D eigenvalue weighted by Crippen LogP contribution is 2.28. The molecule has 3 aromatic rings. The van der Waals surface area contributed by atoms with Crippen LogP contribution in [0.4, 0.5) is 0 Å². The van der Waals surface area contributed by atoms with Crippen molar-refractivity contribution in [1.29, 1.82) is 0 Å². The highest BCUT2D eigenvalue weighted by Gasteiger charge is 2.18. The van der Waals surface area contributed by atoms with Crippen LogP contribution in [-0.2, 0) is 11.3 Å². The van der Waals surface area contributed by atoms with E-state index in [-0.39, 0.29) is 23.3 Å². The number of nitrogens with one attached hydrogen (secondary N) is 1. The number of fused-ring (bicyclic) bond motifs is 1. The first-order valence-electron chi connectivity index (χ1n) is 8.38. The van der Waals surface area contributed by atoms with Crippen molar-refractivity contribution in [3.05, 3.63) is 45.0 Å². The number of nitrogens with zero attached hydrogens (tertiary/aromatic N) is 2. The van der Waals surface area contributed by atoms with Crippen molar-refractivity contribution in [1.82, 2.24) is 14.9 Å². The zero-order chi connectivity index (χ0) is 18.8. The second kappa shape index (κ2) is 7.67. The molecular formula is C18H21N3O3S2. The number of carbonyl (C=O) groups excluding carboxylic acids is 1. The lowest BCUT2D eigenvalue weighted by molar-refractivity contribution is -0.119. The molecule has 0 aliphatic carbocycles. The molecule has 0 fully saturated rings. The molecule has 0 spiro atoms. The zero-order valence-corrected chi connectivity index (χ0v) is 16.8. The van der Waals surface area contributed by atoms with Gasteiger partial charge in [0.05, 0.1) is 23.4 Å². The van der Waals surface area contributed by atoms with Gasteiger partial charge in [0.15, 0.2) is 5.16 Å². The molecular weight excluding hydrogens is 370 g/mol. The number of aryl methyl sites for hydroxylation is 2. The highest BCUT2D eigenvalue weighted by molar-refractivity contribution is 7.99. The second-order valence-corrected chi connectivity index (χ2v) is 8.15. The van der Waals surface area contributed by atoms with Crippen molar-refractivity contribution in [2.75, 3.05) is 5.75 Å². The summed E-state index contributed by atoms with van der Waals surface area (Å²) >= 11 is 2.80. The summed E-state index contributed by atoms with van der Waals surface area (Å²) in [6, 6.07) is 3.41. The van der Waals surface area contributed by atoms with Gasteiger partial charge in [0.1, 0.15) is 10.6 Å². The number of furan rings is 1. The van der Waals surface area contributed by atoms with E-state index in [1.807, 2.05) is 33.8 Å². The lowest BCUT2D eigenvalue weighted by atomic mass is 10.2. The van der Waals surface area contributed by atoms with Crippen LogP contribution >= 0.6 is 23.1 Å². The Morgan fingerprint density at radius 1 is 1.46 bits per heavy atom. The van der Waals surface area contributed by atoms with Crippen molar-refractivity contribution < 1.29 is 9.21 Å². The zero-order valence-electron chi connectivity index (χ0n) is 15.2. The summed E-state index contributed by atoms with van der Waals surface area (Å²) in [6.07, 6.45) is 1.58. The molecule has 6 nitrogen and oxygen atoms in total. The molecule has 3 heterocycles. The van der Waals surface area contributed by atoms with E-state index in [4.69, 9.17) is 4.42 Å². The predicted molar refractivity (Wildman–Crippen MR) is 105 cm³/mol. The van der Waals surface area contributed by atoms with E-state index in [0.29, 0.717) is 22.8 Å². The summed E-state index contributed by atoms with van der Waals surface area (Å²) in [5.74, 6) is 0.763. The van der Waals surface area contributed by atoms with Crippen LogP contribution in [0.2, 0.25) is 0 Å². The maximum atomic E-state index is 12.8. The Hall–Kier alpha value is -2.06. The van der Waals surface area contributed by atoms with Crippen LogP contribution < -0.4 is 10.9 Å². The molecule has 0 unspecified atom stereocenters. The number of thioether (sulfide) groups is 1. The van der Waals surface area contributed by atoms with E-state index in [1.54, 1.807) is 16.9 Å². The molecule has 8 heteroatoms. The lowest BCUT2D eigenvalue weighted by Crippen LogP contribution is -2.28. The summed E-state index contributed by atoms with van der Waals surface area (Å²) in [5.41, 5.74) is 0.956. The molecule has 0 aromatic carbocycles. The van der Waals surface area contributed by atoms with Gasteiger partial charge in [0.2, 0.25) is 5.91 Å². The Morgan fingerprint density at radius 3 is 2.88 bits per heavy atom. The molecule has 0 bridgehead atoms. The predicted octanol–water partition coefficient (Wildman–Crippen LogP) is 3.66. The van der Waals surface area contributed by atoms with Crippen LogP contribution in [0.1, 0.15) is 36.1 Å². The van der Waals surface area contributed by atoms with Crippen molar-refractivity contribution >= 4 is 39.2 Å². The number of carbonyl (C=O) groups is 1. The second-order valence-electron chi connectivity index (χ2n) is 6.00. The Balaban J connectivity index is 1.78. The van der Waals surface area contributed by atoms with Gasteiger partial charge in [0, 0.05) is 11.4 Å². The molecule has 1 atom stereocenters. The van der Waals surface area contributed by atoms with Gasteiger partial charge in [-0.1, -0.05) is 11.8 Å². The Kier molecular flexibility index (Phi) is 5.52. The van der Waals surface area contributed by atoms with Crippen LogP contribution in [0.15, 0.2) is 32.8 Å². The van der Waals surface area contributed by atoms with Gasteiger partial charge in [-0.15, -0.1) is 11.3 Å². The SMILES string of the molecule is CCn1c(SCC(=O)N[C@@H](C)c2ccco2)nc2sc(C)c(C)c2c1=O. The number of rotatable bonds is 6. The molecule has 0 aliphatic rings. The van der Waals surface area contributed by atoms with Gasteiger partial charge < -0.3 is 9.73 Å². The molecule has 138 valence electrons. The Bertz CT molecular complexity index is 989. The molecule has 0 radical (unpaired) electrons. The average Bonchev–Trinajstić information content (AvgIpc) is 3.22. The van der Waals surface area contributed by atoms with Crippen LogP contribution in [0.25, 0.3) is 10.2 Å². The lowest BCUT2D eigenvalue weighted by Gasteiger charge is -2.12. The topological polar surface area (TPSA) is 77.1 Å². The molecule has 0 saturated carbocycles. The third-order valence-corrected chi connectivity index (χ3v) is 6.33. The van der Waals surface area contributed by atoms with Crippen LogP contribution in [0.5, 0.6) is 0 Å². The highest BCUT2D eigenvalue weighted by atomic mass is 32.2. The minimum atomic E-state index is -0.204. The minimum Gasteiger partial charge on any atom is -0.467 e. The van der Waals surface area contributed by atoms with Crippen molar-refractivity contribution in [3.63, 3.8) is 0 Å². The van der Waals surface area contributed by atoms with E-state index in [2.05, 4.69) is 10.3 Å². The maximum absolute atomic E-state index is 12.8. The van der Waals surface area contributed by atoms with Crippen LogP contribution in [-0.4, -0.2) is 21.2 Å². The molecule has 0 saturated heterocycles. The monoisotopic (exact) mass is 391 g/mol. The Morgan fingerprint density at radius 2 is 2.23 bits per heavy atom. The number of amides is 1. The number of aromatic nitrogens is 2. The summed E-state index contributed by atoms with van der Waals surface area (Å²) in [4.78, 5) is 31.5. The molecule has 3 rings (SSSR count). The summed E-state index contributed by atoms with van der Waals surface area (Å²) < 4.78 is 6.93. The first kappa shape index (κ1) is 18.7. The number of thiophene rings is 1. The van der Waals surface area contributed by atoms with Crippen molar-refractivity contribution in [2.24, 2.45) is 0 Å². The minimum absolute atomic E-state index is 0.0359. The maximum Gasteiger partial charge on any atom is 0.263 e.